The third kappa shape index (κ3) is 4.45. The largest absolute Gasteiger partial charge is 0.312 e. The van der Waals surface area contributed by atoms with Gasteiger partial charge in [0.1, 0.15) is 9.79 Å². The van der Waals surface area contributed by atoms with Gasteiger partial charge in [-0.25, -0.2) is 20.2 Å². The molecule has 0 bridgehead atoms. The molecule has 0 aliphatic heterocycles. The summed E-state index contributed by atoms with van der Waals surface area (Å²) < 4.78 is 142. The maximum atomic E-state index is 14.4. The molecule has 0 amide bonds. The van der Waals surface area contributed by atoms with Crippen molar-refractivity contribution >= 4 is 31.8 Å². The van der Waals surface area contributed by atoms with Crippen LogP contribution in [0.3, 0.4) is 0 Å². The summed E-state index contributed by atoms with van der Waals surface area (Å²) in [7, 11) is -23.0. The van der Waals surface area contributed by atoms with Gasteiger partial charge in [0.25, 0.3) is 11.4 Å². The van der Waals surface area contributed by atoms with Crippen molar-refractivity contribution in [2.75, 3.05) is 0 Å². The Morgan fingerprint density at radius 1 is 0.659 bits per heavy atom. The Morgan fingerprint density at radius 3 is 1.57 bits per heavy atom. The first-order valence-electron chi connectivity index (χ1n) is 12.0. The van der Waals surface area contributed by atoms with Crippen molar-refractivity contribution in [3.63, 3.8) is 0 Å². The van der Waals surface area contributed by atoms with Crippen molar-refractivity contribution in [1.29, 1.82) is 10.5 Å². The van der Waals surface area contributed by atoms with Crippen LogP contribution < -0.4 is 10.4 Å². The first-order valence-corrected chi connectivity index (χ1v) is 15.9. The van der Waals surface area contributed by atoms with Gasteiger partial charge in [-0.3, -0.25) is 0 Å². The molecule has 0 aromatic heterocycles. The van der Waals surface area contributed by atoms with Gasteiger partial charge in [0, 0.05) is 5.22 Å². The molecule has 0 saturated heterocycles. The summed E-state index contributed by atoms with van der Waals surface area (Å²) in [5, 5.41) is 18.8. The molecule has 0 N–H and O–H groups in total. The molecule has 0 heterocycles. The number of hydrogen-bond donors (Lipinski definition) is 0. The van der Waals surface area contributed by atoms with E-state index in [0.717, 1.165) is 5.56 Å². The highest BCUT2D eigenvalue weighted by atomic mass is 32.5. The molecule has 2 aliphatic carbocycles. The minimum atomic E-state index is -11.6. The van der Waals surface area contributed by atoms with Crippen LogP contribution >= 0.6 is 20.4 Å². The summed E-state index contributed by atoms with van der Waals surface area (Å²) in [5.74, 6) is 0. The summed E-state index contributed by atoms with van der Waals surface area (Å²) in [6, 6.07) is 5.71. The number of hydrogen-bond acceptors (Lipinski definition) is 2. The van der Waals surface area contributed by atoms with E-state index in [-0.39, 0.29) is 28.8 Å². The fourth-order valence-electron chi connectivity index (χ4n) is 6.04. The number of fused-ring (bicyclic) bond motifs is 6. The van der Waals surface area contributed by atoms with Crippen molar-refractivity contribution < 1.29 is 38.9 Å². The number of rotatable bonds is 2. The van der Waals surface area contributed by atoms with E-state index in [4.69, 9.17) is 13.1 Å². The van der Waals surface area contributed by atoms with E-state index in [1.54, 1.807) is 38.1 Å². The van der Waals surface area contributed by atoms with Crippen LogP contribution in [0, 0.1) is 49.7 Å². The van der Waals surface area contributed by atoms with Crippen molar-refractivity contribution in [2.24, 2.45) is 0 Å². The highest BCUT2D eigenvalue weighted by Gasteiger charge is 2.76. The molecule has 3 aromatic rings. The molecule has 5 rings (SSSR count). The summed E-state index contributed by atoms with van der Waals surface area (Å²) in [4.78, 5) is -1.42. The summed E-state index contributed by atoms with van der Waals surface area (Å²) in [6.45, 7) is 18.6. The Balaban J connectivity index is 2.17. The van der Waals surface area contributed by atoms with Crippen LogP contribution in [-0.4, -0.2) is 0 Å². The van der Waals surface area contributed by atoms with Gasteiger partial charge in [-0.1, -0.05) is 57.1 Å². The van der Waals surface area contributed by atoms with Crippen LogP contribution in [0.15, 0.2) is 34.1 Å². The lowest BCUT2D eigenvalue weighted by Gasteiger charge is -2.48. The molecule has 3 aromatic carbocycles. The van der Waals surface area contributed by atoms with Crippen LogP contribution in [0.4, 0.5) is 38.9 Å². The topological polar surface area (TPSA) is 56.3 Å². The average molecular weight is 661 g/mol. The fourth-order valence-corrected chi connectivity index (χ4v) is 8.88. The zero-order valence-corrected chi connectivity index (χ0v) is 23.7. The molecule has 16 heteroatoms. The van der Waals surface area contributed by atoms with Crippen LogP contribution in [0.2, 0.25) is 0 Å². The smallest absolute Gasteiger partial charge is 0.226 e. The Morgan fingerprint density at radius 2 is 1.11 bits per heavy atom. The van der Waals surface area contributed by atoms with Crippen molar-refractivity contribution in [1.82, 2.24) is 0 Å². The SMILES string of the molecule is [C-]#[N+]/C(C#N)=c1\c2c(/c(=C(/C#N)[N+]#[C-])c3c1Cc1c-3ccc(S(F)(F)(F)(F)F)c1S(F)(F)(F)(F)F)-c1ccc(C)c(C)c1C2. The van der Waals surface area contributed by atoms with Crippen LogP contribution in [0.1, 0.15) is 33.4 Å². The molecular formula is C28H14F10N4S2. The standard InChI is InChI=1S/C28H14F10N4S2/c1-13-5-6-15-17(14(13)2)9-19-24(21(11-39)41-3)20-10-18-16(26(20)27(25(15)19)22(12-40)42-4)7-8-23(43(29,30,31,32)33)28(18)44(34,35,36,37)38/h5-8H,9-10H2,1-2H3/b24-21+,27-22+. The maximum Gasteiger partial charge on any atom is 0.312 e. The molecule has 0 unspecified atom stereocenters. The molecular weight excluding hydrogens is 646 g/mol. The number of nitrogens with zero attached hydrogens (tertiary/aromatic N) is 4. The highest BCUT2D eigenvalue weighted by molar-refractivity contribution is 8.48. The van der Waals surface area contributed by atoms with E-state index in [1.165, 1.54) is 0 Å². The molecule has 4 nitrogen and oxygen atoms in total. The van der Waals surface area contributed by atoms with Gasteiger partial charge in [-0.15, -0.1) is 0 Å². The molecule has 0 spiro atoms. The predicted molar refractivity (Wildman–Crippen MR) is 146 cm³/mol. The third-order valence-corrected chi connectivity index (χ3v) is 10.3. The van der Waals surface area contributed by atoms with Gasteiger partial charge >= 0.3 is 20.4 Å². The Hall–Kier alpha value is -4.64. The summed E-state index contributed by atoms with van der Waals surface area (Å²) >= 11 is 0. The van der Waals surface area contributed by atoms with Crippen LogP contribution in [0.5, 0.6) is 0 Å². The summed E-state index contributed by atoms with van der Waals surface area (Å²) in [5.41, 5.74) is -3.08. The van der Waals surface area contributed by atoms with Crippen molar-refractivity contribution in [3.8, 4) is 34.4 Å². The normalized spacial score (nSPS) is 17.8. The number of benzene rings is 3. The number of nitriles is 2. The lowest BCUT2D eigenvalue weighted by atomic mass is 9.90. The van der Waals surface area contributed by atoms with E-state index in [2.05, 4.69) is 9.69 Å². The van der Waals surface area contributed by atoms with Crippen molar-refractivity contribution in [2.45, 2.75) is 36.5 Å². The van der Waals surface area contributed by atoms with E-state index < -0.39 is 81.6 Å². The zero-order valence-electron chi connectivity index (χ0n) is 22.1. The van der Waals surface area contributed by atoms with Crippen LogP contribution in [0.25, 0.3) is 43.3 Å². The number of halogens is 10. The van der Waals surface area contributed by atoms with Crippen molar-refractivity contribution in [3.05, 3.63) is 90.9 Å². The Kier molecular flexibility index (Phi) is 5.39. The van der Waals surface area contributed by atoms with Gasteiger partial charge in [-0.2, -0.15) is 0 Å². The van der Waals surface area contributed by atoms with Gasteiger partial charge in [0.2, 0.25) is 0 Å². The zero-order chi connectivity index (χ0) is 33.1. The fraction of sp³-hybridized carbons (Fsp3) is 0.143. The molecule has 2 aliphatic rings. The Labute approximate surface area is 242 Å². The molecule has 0 fully saturated rings. The molecule has 0 saturated carbocycles. The van der Waals surface area contributed by atoms with E-state index in [9.17, 15) is 49.4 Å². The monoisotopic (exact) mass is 660 g/mol. The first-order chi connectivity index (χ1) is 19.8. The highest BCUT2D eigenvalue weighted by Crippen LogP contribution is 3.09. The Bertz CT molecular complexity index is 2220. The lowest BCUT2D eigenvalue weighted by molar-refractivity contribution is 0.335. The minimum Gasteiger partial charge on any atom is -0.226 e. The quantitative estimate of drug-likeness (QED) is 0.140. The minimum absolute atomic E-state index is 0.000620. The third-order valence-electron chi connectivity index (χ3n) is 7.76. The molecule has 0 atom stereocenters. The van der Waals surface area contributed by atoms with E-state index >= 15 is 0 Å². The van der Waals surface area contributed by atoms with Gasteiger partial charge in [0.05, 0.1) is 25.3 Å². The first kappa shape index (κ1) is 30.8. The lowest BCUT2D eigenvalue weighted by Crippen LogP contribution is -2.25. The molecule has 228 valence electrons. The molecule has 44 heavy (non-hydrogen) atoms. The molecule has 0 radical (unpaired) electrons. The van der Waals surface area contributed by atoms with Gasteiger partial charge in [-0.05, 0) is 93.6 Å². The predicted octanol–water partition coefficient (Wildman–Crippen LogP) is 9.86. The summed E-state index contributed by atoms with van der Waals surface area (Å²) in [6.07, 6.45) is -1.58. The van der Waals surface area contributed by atoms with Gasteiger partial charge in [0.15, 0.2) is 0 Å². The second-order valence-corrected chi connectivity index (χ2v) is 15.1. The second-order valence-electron chi connectivity index (χ2n) is 10.3. The van der Waals surface area contributed by atoms with E-state index in [0.29, 0.717) is 16.7 Å². The van der Waals surface area contributed by atoms with E-state index in [1.807, 2.05) is 0 Å². The van der Waals surface area contributed by atoms with Crippen LogP contribution in [-0.2, 0) is 12.8 Å². The maximum absolute atomic E-state index is 14.4. The average Bonchev–Trinajstić information content (AvgIpc) is 3.44. The van der Waals surface area contributed by atoms with Gasteiger partial charge < -0.3 is 0 Å². The number of aryl methyl sites for hydroxylation is 1. The second kappa shape index (κ2) is 7.71.